The number of nitrogens with one attached hydrogen (secondary N) is 1. The molecular formula is C14H24IN3O2. The highest BCUT2D eigenvalue weighted by atomic mass is 127. The average Bonchev–Trinajstić information content (AvgIpc) is 2.86. The van der Waals surface area contributed by atoms with Crippen LogP contribution in [0.3, 0.4) is 0 Å². The second kappa shape index (κ2) is 7.40. The number of carbonyl (C=O) groups is 1. The number of nitrogens with zero attached hydrogens (tertiary/aromatic N) is 2. The van der Waals surface area contributed by atoms with Gasteiger partial charge >= 0.3 is 0 Å². The number of hydrogen-bond acceptors (Lipinski definition) is 4. The van der Waals surface area contributed by atoms with Crippen LogP contribution < -0.4 is 5.32 Å². The Morgan fingerprint density at radius 2 is 2.25 bits per heavy atom. The van der Waals surface area contributed by atoms with Gasteiger partial charge in [0, 0.05) is 18.7 Å². The highest BCUT2D eigenvalue weighted by molar-refractivity contribution is 14.1. The molecule has 0 spiro atoms. The molecule has 0 bridgehead atoms. The molecule has 0 saturated heterocycles. The van der Waals surface area contributed by atoms with Crippen molar-refractivity contribution >= 4 is 28.5 Å². The molecule has 20 heavy (non-hydrogen) atoms. The molecule has 0 aliphatic heterocycles. The number of hydrogen-bond donors (Lipinski definition) is 1. The average molecular weight is 393 g/mol. The van der Waals surface area contributed by atoms with Gasteiger partial charge in [-0.2, -0.15) is 0 Å². The lowest BCUT2D eigenvalue weighted by Crippen LogP contribution is -2.48. The zero-order chi connectivity index (χ0) is 15.3. The molecule has 0 aromatic carbocycles. The summed E-state index contributed by atoms with van der Waals surface area (Å²) in [7, 11) is 2.08. The second-order valence-corrected chi connectivity index (χ2v) is 6.59. The Hall–Kier alpha value is -0.630. The minimum absolute atomic E-state index is 0.0176. The van der Waals surface area contributed by atoms with Gasteiger partial charge in [0.05, 0.1) is 4.43 Å². The van der Waals surface area contributed by atoms with Crippen LogP contribution in [0.25, 0.3) is 0 Å². The van der Waals surface area contributed by atoms with Gasteiger partial charge in [-0.05, 0) is 25.9 Å². The van der Waals surface area contributed by atoms with Gasteiger partial charge in [0.15, 0.2) is 5.69 Å². The first-order chi connectivity index (χ1) is 9.30. The molecule has 1 unspecified atom stereocenters. The molecule has 0 radical (unpaired) electrons. The van der Waals surface area contributed by atoms with Crippen LogP contribution in [0.1, 0.15) is 43.9 Å². The predicted octanol–water partition coefficient (Wildman–Crippen LogP) is 2.71. The lowest BCUT2D eigenvalue weighted by atomic mass is 9.84. The van der Waals surface area contributed by atoms with Crippen LogP contribution in [0, 0.1) is 5.41 Å². The van der Waals surface area contributed by atoms with E-state index in [4.69, 9.17) is 4.52 Å². The fourth-order valence-electron chi connectivity index (χ4n) is 1.89. The molecule has 1 atom stereocenters. The Labute approximate surface area is 134 Å². The fraction of sp³-hybridized carbons (Fsp3) is 0.714. The normalized spacial score (nSPS) is 13.6. The first-order valence-electron chi connectivity index (χ1n) is 6.81. The molecule has 0 saturated carbocycles. The van der Waals surface area contributed by atoms with Crippen molar-refractivity contribution in [1.29, 1.82) is 0 Å². The van der Waals surface area contributed by atoms with Crippen molar-refractivity contribution in [2.45, 2.75) is 38.2 Å². The Bertz CT molecular complexity index is 445. The summed E-state index contributed by atoms with van der Waals surface area (Å²) in [5, 5.41) is 6.81. The fourth-order valence-corrected chi connectivity index (χ4v) is 2.25. The lowest BCUT2D eigenvalue weighted by molar-refractivity contribution is 0.0871. The Balaban J connectivity index is 2.64. The van der Waals surface area contributed by atoms with E-state index >= 15 is 0 Å². The van der Waals surface area contributed by atoms with Crippen LogP contribution >= 0.6 is 22.6 Å². The third-order valence-electron chi connectivity index (χ3n) is 3.66. The van der Waals surface area contributed by atoms with Gasteiger partial charge in [0.1, 0.15) is 5.76 Å². The Morgan fingerprint density at radius 1 is 1.60 bits per heavy atom. The predicted molar refractivity (Wildman–Crippen MR) is 88.1 cm³/mol. The van der Waals surface area contributed by atoms with Crippen LogP contribution in [0.2, 0.25) is 0 Å². The second-order valence-electron chi connectivity index (χ2n) is 5.83. The quantitative estimate of drug-likeness (QED) is 0.572. The van der Waals surface area contributed by atoms with Gasteiger partial charge in [-0.3, -0.25) is 4.79 Å². The van der Waals surface area contributed by atoms with Gasteiger partial charge in [-0.25, -0.2) is 0 Å². The maximum atomic E-state index is 12.1. The summed E-state index contributed by atoms with van der Waals surface area (Å²) in [5.74, 6) is 0.540. The summed E-state index contributed by atoms with van der Waals surface area (Å²) in [6.45, 7) is 10.4. The van der Waals surface area contributed by atoms with Crippen molar-refractivity contribution in [2.24, 2.45) is 5.41 Å². The molecule has 1 heterocycles. The lowest BCUT2D eigenvalue weighted by Gasteiger charge is -2.35. The zero-order valence-electron chi connectivity index (χ0n) is 12.9. The number of alkyl halides is 1. The molecule has 1 aromatic rings. The van der Waals surface area contributed by atoms with Crippen molar-refractivity contribution in [1.82, 2.24) is 15.4 Å². The molecule has 1 aromatic heterocycles. The summed E-state index contributed by atoms with van der Waals surface area (Å²) in [6.07, 6.45) is 0. The number of carbonyl (C=O) groups excluding carboxylic acids is 1. The summed E-state index contributed by atoms with van der Waals surface area (Å²) in [6, 6.07) is 1.74. The van der Waals surface area contributed by atoms with E-state index < -0.39 is 0 Å². The molecule has 0 fully saturated rings. The molecule has 114 valence electrons. The summed E-state index contributed by atoms with van der Waals surface area (Å²) in [4.78, 5) is 14.4. The molecular weight excluding hydrogens is 369 g/mol. The van der Waals surface area contributed by atoms with Crippen LogP contribution in [-0.2, 0) is 4.43 Å². The molecule has 1 amide bonds. The Morgan fingerprint density at radius 3 is 2.75 bits per heavy atom. The van der Waals surface area contributed by atoms with E-state index in [9.17, 15) is 4.79 Å². The standard InChI is InChI=1S/C14H24IN3O2/c1-6-18(5)9-14(3,4)10(2)16-13(19)12-7-11(8-15)20-17-12/h7,10H,6,8-9H2,1-5H3,(H,16,19). The van der Waals surface area contributed by atoms with Crippen LogP contribution in [0.5, 0.6) is 0 Å². The summed E-state index contributed by atoms with van der Waals surface area (Å²) >= 11 is 2.17. The number of aromatic nitrogens is 1. The van der Waals surface area contributed by atoms with Crippen molar-refractivity contribution in [3.05, 3.63) is 17.5 Å². The maximum Gasteiger partial charge on any atom is 0.273 e. The molecule has 5 nitrogen and oxygen atoms in total. The van der Waals surface area contributed by atoms with E-state index in [1.165, 1.54) is 0 Å². The minimum Gasteiger partial charge on any atom is -0.360 e. The molecule has 0 aliphatic carbocycles. The van der Waals surface area contributed by atoms with Gasteiger partial charge < -0.3 is 14.7 Å². The van der Waals surface area contributed by atoms with E-state index in [1.807, 2.05) is 6.92 Å². The third-order valence-corrected chi connectivity index (χ3v) is 4.41. The van der Waals surface area contributed by atoms with Gasteiger partial charge in [0.2, 0.25) is 0 Å². The summed E-state index contributed by atoms with van der Waals surface area (Å²) in [5.41, 5.74) is 0.333. The van der Waals surface area contributed by atoms with E-state index in [1.54, 1.807) is 6.07 Å². The topological polar surface area (TPSA) is 58.4 Å². The first kappa shape index (κ1) is 17.4. The largest absolute Gasteiger partial charge is 0.360 e. The summed E-state index contributed by atoms with van der Waals surface area (Å²) < 4.78 is 5.77. The van der Waals surface area contributed by atoms with Crippen LogP contribution in [0.15, 0.2) is 10.6 Å². The van der Waals surface area contributed by atoms with Crippen molar-refractivity contribution in [3.8, 4) is 0 Å². The smallest absolute Gasteiger partial charge is 0.273 e. The Kier molecular flexibility index (Phi) is 6.44. The number of rotatable bonds is 7. The molecule has 1 rings (SSSR count). The van der Waals surface area contributed by atoms with E-state index in [2.05, 4.69) is 65.8 Å². The highest BCUT2D eigenvalue weighted by Gasteiger charge is 2.29. The van der Waals surface area contributed by atoms with Crippen LogP contribution in [0.4, 0.5) is 0 Å². The first-order valence-corrected chi connectivity index (χ1v) is 8.33. The minimum atomic E-state index is -0.176. The SMILES string of the molecule is CCN(C)CC(C)(C)C(C)NC(=O)c1cc(CI)on1. The molecule has 0 aliphatic rings. The van der Waals surface area contributed by atoms with E-state index in [0.29, 0.717) is 15.9 Å². The van der Waals surface area contributed by atoms with Gasteiger partial charge in [-0.1, -0.05) is 48.5 Å². The molecule has 1 N–H and O–H groups in total. The zero-order valence-corrected chi connectivity index (χ0v) is 15.0. The van der Waals surface area contributed by atoms with Gasteiger partial charge in [-0.15, -0.1) is 0 Å². The van der Waals surface area contributed by atoms with E-state index in [0.717, 1.165) is 13.1 Å². The molecule has 6 heteroatoms. The third kappa shape index (κ3) is 4.73. The van der Waals surface area contributed by atoms with Crippen LogP contribution in [-0.4, -0.2) is 42.1 Å². The number of amides is 1. The van der Waals surface area contributed by atoms with Crippen molar-refractivity contribution < 1.29 is 9.32 Å². The number of halogens is 1. The van der Waals surface area contributed by atoms with E-state index in [-0.39, 0.29) is 17.4 Å². The van der Waals surface area contributed by atoms with Gasteiger partial charge in [0.25, 0.3) is 5.91 Å². The van der Waals surface area contributed by atoms with Crippen molar-refractivity contribution in [3.63, 3.8) is 0 Å². The highest BCUT2D eigenvalue weighted by Crippen LogP contribution is 2.22. The van der Waals surface area contributed by atoms with Crippen molar-refractivity contribution in [2.75, 3.05) is 20.1 Å². The maximum absolute atomic E-state index is 12.1. The monoisotopic (exact) mass is 393 g/mol.